The lowest BCUT2D eigenvalue weighted by Gasteiger charge is -2.24. The van der Waals surface area contributed by atoms with E-state index >= 15 is 0 Å². The van der Waals surface area contributed by atoms with E-state index in [1.54, 1.807) is 24.3 Å². The zero-order valence-electron chi connectivity index (χ0n) is 14.0. The minimum atomic E-state index is -3.70. The van der Waals surface area contributed by atoms with Crippen LogP contribution in [0.1, 0.15) is 15.9 Å². The Morgan fingerprint density at radius 3 is 2.40 bits per heavy atom. The molecule has 0 aliphatic carbocycles. The van der Waals surface area contributed by atoms with Gasteiger partial charge in [0.05, 0.1) is 38.3 Å². The molecule has 8 heteroatoms. The molecular weight excluding hydrogens is 349 g/mol. The summed E-state index contributed by atoms with van der Waals surface area (Å²) >= 11 is 0. The molecule has 0 N–H and O–H groups in total. The number of benzene rings is 2. The Balaban J connectivity index is 2.44. The summed E-state index contributed by atoms with van der Waals surface area (Å²) in [5.74, 6) is -1.03. The van der Waals surface area contributed by atoms with Crippen molar-refractivity contribution in [3.63, 3.8) is 0 Å². The molecule has 134 valence electrons. The molecule has 0 fully saturated rings. The fourth-order valence-electron chi connectivity index (χ4n) is 2.29. The van der Waals surface area contributed by atoms with E-state index < -0.39 is 21.8 Å². The summed E-state index contributed by atoms with van der Waals surface area (Å²) in [6.45, 7) is -0.244. The number of rotatable bonds is 6. The molecule has 0 atom stereocenters. The Morgan fingerprint density at radius 1 is 1.16 bits per heavy atom. The van der Waals surface area contributed by atoms with Gasteiger partial charge in [0.2, 0.25) is 10.0 Å². The van der Waals surface area contributed by atoms with Crippen LogP contribution < -0.4 is 9.04 Å². The van der Waals surface area contributed by atoms with Crippen LogP contribution in [-0.4, -0.2) is 34.9 Å². The number of halogens is 1. The van der Waals surface area contributed by atoms with Crippen molar-refractivity contribution in [2.24, 2.45) is 0 Å². The number of sulfonamides is 1. The smallest absolute Gasteiger partial charge is 0.337 e. The molecule has 2 aromatic rings. The van der Waals surface area contributed by atoms with Crippen molar-refractivity contribution in [1.29, 1.82) is 0 Å². The van der Waals surface area contributed by atoms with Gasteiger partial charge in [0.25, 0.3) is 0 Å². The molecule has 0 saturated carbocycles. The van der Waals surface area contributed by atoms with E-state index in [1.165, 1.54) is 26.4 Å². The van der Waals surface area contributed by atoms with Gasteiger partial charge in [-0.05, 0) is 24.3 Å². The lowest BCUT2D eigenvalue weighted by atomic mass is 10.1. The van der Waals surface area contributed by atoms with Crippen molar-refractivity contribution < 1.29 is 27.1 Å². The fourth-order valence-corrected chi connectivity index (χ4v) is 3.17. The molecule has 0 aliphatic rings. The quantitative estimate of drug-likeness (QED) is 0.734. The molecule has 0 heterocycles. The number of hydrogen-bond donors (Lipinski definition) is 0. The average molecular weight is 367 g/mol. The van der Waals surface area contributed by atoms with Gasteiger partial charge in [-0.15, -0.1) is 0 Å². The first kappa shape index (κ1) is 18.7. The third kappa shape index (κ3) is 4.27. The number of esters is 1. The average Bonchev–Trinajstić information content (AvgIpc) is 2.58. The number of methoxy groups -OCH3 is 2. The first-order chi connectivity index (χ1) is 11.8. The number of ether oxygens (including phenoxy) is 2. The van der Waals surface area contributed by atoms with Gasteiger partial charge >= 0.3 is 5.97 Å². The number of anilines is 1. The molecule has 2 rings (SSSR count). The fraction of sp³-hybridized carbons (Fsp3) is 0.235. The largest absolute Gasteiger partial charge is 0.495 e. The number of para-hydroxylation sites is 2. The predicted molar refractivity (Wildman–Crippen MR) is 91.8 cm³/mol. The maximum absolute atomic E-state index is 14.3. The lowest BCUT2D eigenvalue weighted by Crippen LogP contribution is -2.30. The molecule has 0 unspecified atom stereocenters. The summed E-state index contributed by atoms with van der Waals surface area (Å²) in [6.07, 6.45) is 1.03. The molecule has 2 aromatic carbocycles. The molecule has 0 aliphatic heterocycles. The van der Waals surface area contributed by atoms with E-state index in [-0.39, 0.29) is 17.7 Å². The second-order valence-corrected chi connectivity index (χ2v) is 7.15. The molecule has 0 saturated heterocycles. The van der Waals surface area contributed by atoms with E-state index in [0.29, 0.717) is 11.4 Å². The summed E-state index contributed by atoms with van der Waals surface area (Å²) in [4.78, 5) is 11.5. The van der Waals surface area contributed by atoms with Crippen molar-refractivity contribution in [3.05, 3.63) is 59.4 Å². The van der Waals surface area contributed by atoms with E-state index in [4.69, 9.17) is 4.74 Å². The van der Waals surface area contributed by atoms with E-state index in [1.807, 2.05) is 0 Å². The normalized spacial score (nSPS) is 11.0. The highest BCUT2D eigenvalue weighted by atomic mass is 32.2. The van der Waals surface area contributed by atoms with Crippen LogP contribution in [0.2, 0.25) is 0 Å². The second kappa shape index (κ2) is 7.52. The molecule has 0 spiro atoms. The van der Waals surface area contributed by atoms with Crippen molar-refractivity contribution in [2.45, 2.75) is 6.54 Å². The first-order valence-corrected chi connectivity index (χ1v) is 9.10. The summed E-state index contributed by atoms with van der Waals surface area (Å²) in [7, 11) is -1.08. The zero-order chi connectivity index (χ0) is 18.6. The second-order valence-electron chi connectivity index (χ2n) is 5.24. The Hall–Kier alpha value is -2.61. The zero-order valence-corrected chi connectivity index (χ0v) is 14.8. The van der Waals surface area contributed by atoms with Crippen LogP contribution in [0.15, 0.2) is 42.5 Å². The third-order valence-electron chi connectivity index (χ3n) is 3.54. The topological polar surface area (TPSA) is 72.9 Å². The molecule has 0 bridgehead atoms. The van der Waals surface area contributed by atoms with Gasteiger partial charge in [-0.3, -0.25) is 4.31 Å². The predicted octanol–water partition coefficient (Wildman–Crippen LogP) is 2.59. The van der Waals surface area contributed by atoms with Crippen LogP contribution in [0.5, 0.6) is 5.75 Å². The lowest BCUT2D eigenvalue weighted by molar-refractivity contribution is 0.0600. The summed E-state index contributed by atoms with van der Waals surface area (Å²) in [5.41, 5.74) is 0.458. The monoisotopic (exact) mass is 367 g/mol. The van der Waals surface area contributed by atoms with Crippen LogP contribution in [0.4, 0.5) is 10.1 Å². The number of hydrogen-bond acceptors (Lipinski definition) is 5. The number of carbonyl (C=O) groups excluding carboxylic acids is 1. The summed E-state index contributed by atoms with van der Waals surface area (Å²) in [6, 6.07) is 10.3. The van der Waals surface area contributed by atoms with Crippen molar-refractivity contribution in [2.75, 3.05) is 24.8 Å². The van der Waals surface area contributed by atoms with Gasteiger partial charge in [0, 0.05) is 5.56 Å². The van der Waals surface area contributed by atoms with Crippen LogP contribution in [0.25, 0.3) is 0 Å². The van der Waals surface area contributed by atoms with Gasteiger partial charge in [-0.1, -0.05) is 18.2 Å². The van der Waals surface area contributed by atoms with Gasteiger partial charge in [0.15, 0.2) is 0 Å². The molecular formula is C17H18FNO5S. The number of nitrogens with zero attached hydrogens (tertiary/aromatic N) is 1. The van der Waals surface area contributed by atoms with E-state index in [9.17, 15) is 17.6 Å². The molecule has 6 nitrogen and oxygen atoms in total. The maximum Gasteiger partial charge on any atom is 0.337 e. The van der Waals surface area contributed by atoms with Crippen LogP contribution in [-0.2, 0) is 21.3 Å². The van der Waals surface area contributed by atoms with Crippen LogP contribution >= 0.6 is 0 Å². The standard InChI is InChI=1S/C17H18FNO5S/c1-23-16-7-5-4-6-15(16)19(25(3,21)22)11-13-9-8-12(10-14(13)18)17(20)24-2/h4-10H,11H2,1-3H3. The van der Waals surface area contributed by atoms with Crippen LogP contribution in [0.3, 0.4) is 0 Å². The Kier molecular flexibility index (Phi) is 5.63. The first-order valence-electron chi connectivity index (χ1n) is 7.25. The summed E-state index contributed by atoms with van der Waals surface area (Å²) < 4.78 is 49.5. The van der Waals surface area contributed by atoms with Gasteiger partial charge in [-0.25, -0.2) is 17.6 Å². The van der Waals surface area contributed by atoms with Crippen molar-refractivity contribution in [3.8, 4) is 5.75 Å². The minimum Gasteiger partial charge on any atom is -0.495 e. The highest BCUT2D eigenvalue weighted by Gasteiger charge is 2.23. The van der Waals surface area contributed by atoms with Crippen molar-refractivity contribution >= 4 is 21.7 Å². The van der Waals surface area contributed by atoms with E-state index in [0.717, 1.165) is 16.6 Å². The van der Waals surface area contributed by atoms with Crippen LogP contribution in [0, 0.1) is 5.82 Å². The minimum absolute atomic E-state index is 0.0481. The van der Waals surface area contributed by atoms with E-state index in [2.05, 4.69) is 4.74 Å². The summed E-state index contributed by atoms with van der Waals surface area (Å²) in [5, 5.41) is 0. The number of carbonyl (C=O) groups is 1. The highest BCUT2D eigenvalue weighted by Crippen LogP contribution is 2.31. The molecule has 0 radical (unpaired) electrons. The molecule has 0 amide bonds. The third-order valence-corrected chi connectivity index (χ3v) is 4.67. The highest BCUT2D eigenvalue weighted by molar-refractivity contribution is 7.92. The Labute approximate surface area is 145 Å². The molecule has 25 heavy (non-hydrogen) atoms. The van der Waals surface area contributed by atoms with Gasteiger partial charge in [0.1, 0.15) is 11.6 Å². The molecule has 0 aromatic heterocycles. The van der Waals surface area contributed by atoms with Gasteiger partial charge < -0.3 is 9.47 Å². The maximum atomic E-state index is 14.3. The van der Waals surface area contributed by atoms with Gasteiger partial charge in [-0.2, -0.15) is 0 Å². The van der Waals surface area contributed by atoms with Crippen molar-refractivity contribution in [1.82, 2.24) is 0 Å². The SMILES string of the molecule is COC(=O)c1ccc(CN(c2ccccc2OC)S(C)(=O)=O)c(F)c1. The Morgan fingerprint density at radius 2 is 1.84 bits per heavy atom. The Bertz CT molecular complexity index is 882.